The summed E-state index contributed by atoms with van der Waals surface area (Å²) >= 11 is 6.00. The van der Waals surface area contributed by atoms with E-state index in [1.807, 2.05) is 20.8 Å². The first-order valence-electron chi connectivity index (χ1n) is 6.32. The van der Waals surface area contributed by atoms with Gasteiger partial charge >= 0.3 is 5.97 Å². The van der Waals surface area contributed by atoms with Crippen molar-refractivity contribution < 1.29 is 14.3 Å². The normalized spacial score (nSPS) is 11.7. The third kappa shape index (κ3) is 3.05. The number of carboxylic acid groups (broad SMARTS) is 1. The molecule has 0 radical (unpaired) electrons. The molecular formula is C14H15ClFN3O2. The van der Waals surface area contributed by atoms with Crippen LogP contribution in [0.5, 0.6) is 0 Å². The minimum atomic E-state index is -1.16. The molecule has 2 aromatic rings. The molecule has 2 rings (SSSR count). The Kier molecular flexibility index (Phi) is 4.00. The molecule has 0 bridgehead atoms. The number of carbonyl (C=O) groups is 1. The molecule has 0 fully saturated rings. The van der Waals surface area contributed by atoms with E-state index in [4.69, 9.17) is 11.6 Å². The molecule has 1 heterocycles. The topological polar surface area (TPSA) is 68.0 Å². The van der Waals surface area contributed by atoms with Gasteiger partial charge in [-0.2, -0.15) is 0 Å². The van der Waals surface area contributed by atoms with Crippen LogP contribution >= 0.6 is 11.6 Å². The van der Waals surface area contributed by atoms with E-state index < -0.39 is 17.2 Å². The van der Waals surface area contributed by atoms with Crippen molar-refractivity contribution in [2.75, 3.05) is 0 Å². The Morgan fingerprint density at radius 3 is 2.62 bits per heavy atom. The van der Waals surface area contributed by atoms with E-state index in [1.165, 1.54) is 16.8 Å². The quantitative estimate of drug-likeness (QED) is 0.945. The van der Waals surface area contributed by atoms with Crippen molar-refractivity contribution in [3.8, 4) is 0 Å². The molecule has 112 valence electrons. The lowest BCUT2D eigenvalue weighted by Gasteiger charge is -2.20. The van der Waals surface area contributed by atoms with Gasteiger partial charge in [0.2, 0.25) is 0 Å². The van der Waals surface area contributed by atoms with Crippen LogP contribution in [-0.2, 0) is 12.0 Å². The van der Waals surface area contributed by atoms with Gasteiger partial charge in [-0.05, 0) is 12.1 Å². The van der Waals surface area contributed by atoms with E-state index >= 15 is 0 Å². The number of benzene rings is 1. The van der Waals surface area contributed by atoms with Crippen molar-refractivity contribution in [3.63, 3.8) is 0 Å². The zero-order valence-corrected chi connectivity index (χ0v) is 12.6. The summed E-state index contributed by atoms with van der Waals surface area (Å²) in [6, 6.07) is 4.38. The van der Waals surface area contributed by atoms with E-state index in [-0.39, 0.29) is 22.8 Å². The number of aromatic nitrogens is 3. The van der Waals surface area contributed by atoms with E-state index in [9.17, 15) is 14.3 Å². The molecule has 0 saturated carbocycles. The SMILES string of the molecule is CC(C)(C)c1c(C(=O)O)nnn1Cc1c(F)cccc1Cl. The summed E-state index contributed by atoms with van der Waals surface area (Å²) in [4.78, 5) is 11.3. The molecule has 0 aliphatic rings. The van der Waals surface area contributed by atoms with Crippen LogP contribution in [0.15, 0.2) is 18.2 Å². The highest BCUT2D eigenvalue weighted by Gasteiger charge is 2.29. The first-order valence-corrected chi connectivity index (χ1v) is 6.69. The van der Waals surface area contributed by atoms with E-state index in [0.717, 1.165) is 0 Å². The van der Waals surface area contributed by atoms with Crippen molar-refractivity contribution in [3.05, 3.63) is 46.0 Å². The highest BCUT2D eigenvalue weighted by Crippen LogP contribution is 2.27. The summed E-state index contributed by atoms with van der Waals surface area (Å²) in [6.07, 6.45) is 0. The maximum absolute atomic E-state index is 13.9. The fraction of sp³-hybridized carbons (Fsp3) is 0.357. The van der Waals surface area contributed by atoms with Gasteiger partial charge in [0.1, 0.15) is 5.82 Å². The Morgan fingerprint density at radius 2 is 2.10 bits per heavy atom. The van der Waals surface area contributed by atoms with Crippen LogP contribution < -0.4 is 0 Å². The zero-order valence-electron chi connectivity index (χ0n) is 11.9. The maximum Gasteiger partial charge on any atom is 0.358 e. The van der Waals surface area contributed by atoms with Crippen LogP contribution in [-0.4, -0.2) is 26.1 Å². The molecule has 21 heavy (non-hydrogen) atoms. The lowest BCUT2D eigenvalue weighted by atomic mass is 9.90. The Bertz CT molecular complexity index is 672. The molecule has 0 spiro atoms. The molecule has 0 amide bonds. The van der Waals surface area contributed by atoms with Crippen LogP contribution in [0.1, 0.15) is 42.5 Å². The zero-order chi connectivity index (χ0) is 15.8. The van der Waals surface area contributed by atoms with Gasteiger partial charge in [0, 0.05) is 16.0 Å². The standard InChI is InChI=1S/C14H15ClFN3O2/c1-14(2,3)12-11(13(20)21)17-18-19(12)7-8-9(15)5-4-6-10(8)16/h4-6H,7H2,1-3H3,(H,20,21). The van der Waals surface area contributed by atoms with Crippen molar-refractivity contribution >= 4 is 17.6 Å². The third-order valence-electron chi connectivity index (χ3n) is 3.02. The van der Waals surface area contributed by atoms with E-state index in [0.29, 0.717) is 5.69 Å². The monoisotopic (exact) mass is 311 g/mol. The molecule has 0 aliphatic carbocycles. The second-order valence-corrected chi connectivity index (χ2v) is 6.11. The average Bonchev–Trinajstić information content (AvgIpc) is 2.77. The van der Waals surface area contributed by atoms with Gasteiger partial charge in [-0.1, -0.05) is 43.7 Å². The van der Waals surface area contributed by atoms with Crippen molar-refractivity contribution in [1.82, 2.24) is 15.0 Å². The average molecular weight is 312 g/mol. The molecular weight excluding hydrogens is 297 g/mol. The van der Waals surface area contributed by atoms with Gasteiger partial charge in [0.25, 0.3) is 0 Å². The van der Waals surface area contributed by atoms with Crippen LogP contribution in [0.3, 0.4) is 0 Å². The summed E-state index contributed by atoms with van der Waals surface area (Å²) in [5, 5.41) is 17.0. The first-order chi connectivity index (χ1) is 9.71. The summed E-state index contributed by atoms with van der Waals surface area (Å²) in [5.41, 5.74) is 0.0467. The van der Waals surface area contributed by atoms with Gasteiger partial charge in [-0.15, -0.1) is 5.10 Å². The lowest BCUT2D eigenvalue weighted by Crippen LogP contribution is -2.22. The number of carboxylic acids is 1. The minimum Gasteiger partial charge on any atom is -0.476 e. The Hall–Kier alpha value is -1.95. The fourth-order valence-electron chi connectivity index (χ4n) is 2.14. The van der Waals surface area contributed by atoms with Gasteiger partial charge in [-0.3, -0.25) is 0 Å². The number of nitrogens with zero attached hydrogens (tertiary/aromatic N) is 3. The summed E-state index contributed by atoms with van der Waals surface area (Å²) < 4.78 is 15.3. The van der Waals surface area contributed by atoms with Gasteiger partial charge in [0.05, 0.1) is 12.2 Å². The number of aromatic carboxylic acids is 1. The van der Waals surface area contributed by atoms with Gasteiger partial charge < -0.3 is 5.11 Å². The number of hydrogen-bond acceptors (Lipinski definition) is 3. The molecule has 5 nitrogen and oxygen atoms in total. The smallest absolute Gasteiger partial charge is 0.358 e. The van der Waals surface area contributed by atoms with Crippen LogP contribution in [0.4, 0.5) is 4.39 Å². The van der Waals surface area contributed by atoms with Gasteiger partial charge in [-0.25, -0.2) is 13.9 Å². The molecule has 7 heteroatoms. The second kappa shape index (κ2) is 5.44. The predicted octanol–water partition coefficient (Wildman–Crippen LogP) is 3.11. The van der Waals surface area contributed by atoms with E-state index in [1.54, 1.807) is 6.07 Å². The van der Waals surface area contributed by atoms with Crippen molar-refractivity contribution in [1.29, 1.82) is 0 Å². The Morgan fingerprint density at radius 1 is 1.43 bits per heavy atom. The fourth-order valence-corrected chi connectivity index (χ4v) is 2.37. The first kappa shape index (κ1) is 15.4. The molecule has 1 aromatic carbocycles. The Labute approximate surface area is 126 Å². The number of rotatable bonds is 3. The third-order valence-corrected chi connectivity index (χ3v) is 3.37. The molecule has 0 unspecified atom stereocenters. The second-order valence-electron chi connectivity index (χ2n) is 5.70. The van der Waals surface area contributed by atoms with Crippen LogP contribution in [0, 0.1) is 5.82 Å². The number of halogens is 2. The van der Waals surface area contributed by atoms with Crippen molar-refractivity contribution in [2.24, 2.45) is 0 Å². The highest BCUT2D eigenvalue weighted by atomic mass is 35.5. The Balaban J connectivity index is 2.53. The van der Waals surface area contributed by atoms with Crippen LogP contribution in [0.25, 0.3) is 0 Å². The minimum absolute atomic E-state index is 0.0262. The lowest BCUT2D eigenvalue weighted by molar-refractivity contribution is 0.0687. The summed E-state index contributed by atoms with van der Waals surface area (Å²) in [6.45, 7) is 5.56. The summed E-state index contributed by atoms with van der Waals surface area (Å²) in [5.74, 6) is -1.62. The predicted molar refractivity (Wildman–Crippen MR) is 76.2 cm³/mol. The maximum atomic E-state index is 13.9. The summed E-state index contributed by atoms with van der Waals surface area (Å²) in [7, 11) is 0. The molecule has 0 aliphatic heterocycles. The molecule has 0 saturated heterocycles. The van der Waals surface area contributed by atoms with Crippen molar-refractivity contribution in [2.45, 2.75) is 32.7 Å². The van der Waals surface area contributed by atoms with E-state index in [2.05, 4.69) is 10.3 Å². The molecule has 1 aromatic heterocycles. The molecule has 1 N–H and O–H groups in total. The largest absolute Gasteiger partial charge is 0.476 e. The highest BCUT2D eigenvalue weighted by molar-refractivity contribution is 6.31. The van der Waals surface area contributed by atoms with Crippen LogP contribution in [0.2, 0.25) is 5.02 Å². The van der Waals surface area contributed by atoms with Gasteiger partial charge in [0.15, 0.2) is 5.69 Å². The molecule has 0 atom stereocenters. The number of hydrogen-bond donors (Lipinski definition) is 1.